The third kappa shape index (κ3) is 2.93. The third-order valence-electron chi connectivity index (χ3n) is 9.85. The van der Waals surface area contributed by atoms with E-state index in [4.69, 9.17) is 10.8 Å². The van der Waals surface area contributed by atoms with Crippen molar-refractivity contribution in [2.24, 2.45) is 46.2 Å². The van der Waals surface area contributed by atoms with Gasteiger partial charge in [-0.1, -0.05) is 13.8 Å². The zero-order chi connectivity index (χ0) is 18.5. The minimum absolute atomic E-state index is 0.351. The van der Waals surface area contributed by atoms with Crippen molar-refractivity contribution in [3.63, 3.8) is 0 Å². The fourth-order valence-electron chi connectivity index (χ4n) is 8.37. The van der Waals surface area contributed by atoms with Gasteiger partial charge in [0.2, 0.25) is 0 Å². The highest BCUT2D eigenvalue weighted by atomic mass is 16.4. The number of carboxylic acid groups (broad SMARTS) is 1. The van der Waals surface area contributed by atoms with E-state index in [1.54, 1.807) is 0 Å². The summed E-state index contributed by atoms with van der Waals surface area (Å²) in [5, 5.41) is 8.99. The summed E-state index contributed by atoms with van der Waals surface area (Å²) in [7, 11) is 0. The summed E-state index contributed by atoms with van der Waals surface area (Å²) in [4.78, 5) is 10.9. The van der Waals surface area contributed by atoms with Gasteiger partial charge < -0.3 is 10.8 Å². The first-order valence-corrected chi connectivity index (χ1v) is 11.3. The van der Waals surface area contributed by atoms with E-state index in [0.717, 1.165) is 42.4 Å². The molecule has 148 valence electrons. The van der Waals surface area contributed by atoms with Crippen LogP contribution in [0.5, 0.6) is 0 Å². The van der Waals surface area contributed by atoms with Crippen LogP contribution in [0.3, 0.4) is 0 Å². The Morgan fingerprint density at radius 3 is 2.50 bits per heavy atom. The number of hydrogen-bond acceptors (Lipinski definition) is 2. The number of aliphatic carboxylic acids is 1. The van der Waals surface area contributed by atoms with Crippen LogP contribution in [0.1, 0.15) is 90.9 Å². The highest BCUT2D eigenvalue weighted by Gasteiger charge is 2.59. The monoisotopic (exact) mass is 361 g/mol. The van der Waals surface area contributed by atoms with E-state index >= 15 is 0 Å². The smallest absolute Gasteiger partial charge is 0.303 e. The maximum atomic E-state index is 10.9. The second-order valence-corrected chi connectivity index (χ2v) is 10.8. The first-order valence-electron chi connectivity index (χ1n) is 11.3. The van der Waals surface area contributed by atoms with Gasteiger partial charge in [-0.05, 0) is 111 Å². The number of hydrogen-bond donors (Lipinski definition) is 2. The summed E-state index contributed by atoms with van der Waals surface area (Å²) < 4.78 is 0. The predicted octanol–water partition coefficient (Wildman–Crippen LogP) is 5.23. The fourth-order valence-corrected chi connectivity index (χ4v) is 8.37. The number of rotatable bonds is 4. The van der Waals surface area contributed by atoms with Gasteiger partial charge >= 0.3 is 5.97 Å². The van der Waals surface area contributed by atoms with E-state index in [1.165, 1.54) is 57.8 Å². The van der Waals surface area contributed by atoms with Crippen LogP contribution < -0.4 is 5.73 Å². The molecule has 0 aromatic rings. The molecule has 0 aliphatic heterocycles. The molecule has 0 amide bonds. The van der Waals surface area contributed by atoms with Gasteiger partial charge in [-0.2, -0.15) is 0 Å². The molecule has 4 aliphatic rings. The molecule has 0 spiro atoms. The van der Waals surface area contributed by atoms with Crippen LogP contribution >= 0.6 is 0 Å². The Kier molecular flexibility index (Phi) is 4.91. The van der Waals surface area contributed by atoms with Crippen LogP contribution in [-0.2, 0) is 4.79 Å². The standard InChI is InChI=1S/C23H39NO2/c1-22-13-11-20-18(8-6-16-14-17(24)10-12-23(16,20)2)19(22)9-7-15(22)4-3-5-21(25)26/h15-20H,3-14,24H2,1-2H3,(H,25,26). The zero-order valence-corrected chi connectivity index (χ0v) is 16.9. The Hall–Kier alpha value is -0.570. The molecular formula is C23H39NO2. The summed E-state index contributed by atoms with van der Waals surface area (Å²) in [5.74, 6) is 3.74. The van der Waals surface area contributed by atoms with Crippen molar-refractivity contribution < 1.29 is 9.90 Å². The summed E-state index contributed by atoms with van der Waals surface area (Å²) >= 11 is 0. The number of nitrogens with two attached hydrogens (primary N) is 1. The predicted molar refractivity (Wildman–Crippen MR) is 105 cm³/mol. The lowest BCUT2D eigenvalue weighted by molar-refractivity contribution is -0.137. The topological polar surface area (TPSA) is 63.3 Å². The van der Waals surface area contributed by atoms with Gasteiger partial charge in [0.15, 0.2) is 0 Å². The molecule has 0 radical (unpaired) electrons. The number of fused-ring (bicyclic) bond motifs is 5. The van der Waals surface area contributed by atoms with Crippen molar-refractivity contribution in [3.05, 3.63) is 0 Å². The summed E-state index contributed by atoms with van der Waals surface area (Å²) in [6, 6.07) is 0.448. The molecule has 0 aromatic carbocycles. The molecule has 3 nitrogen and oxygen atoms in total. The molecule has 8 unspecified atom stereocenters. The summed E-state index contributed by atoms with van der Waals surface area (Å²) in [5.41, 5.74) is 7.34. The fraction of sp³-hybridized carbons (Fsp3) is 0.957. The molecule has 3 heteroatoms. The van der Waals surface area contributed by atoms with Crippen molar-refractivity contribution in [1.82, 2.24) is 0 Å². The number of carboxylic acids is 1. The Labute approximate surface area is 159 Å². The van der Waals surface area contributed by atoms with Gasteiger partial charge in [-0.15, -0.1) is 0 Å². The van der Waals surface area contributed by atoms with Gasteiger partial charge in [-0.3, -0.25) is 4.79 Å². The maximum Gasteiger partial charge on any atom is 0.303 e. The van der Waals surface area contributed by atoms with Crippen LogP contribution in [-0.4, -0.2) is 17.1 Å². The van der Waals surface area contributed by atoms with Crippen molar-refractivity contribution >= 4 is 5.97 Å². The second kappa shape index (κ2) is 6.79. The van der Waals surface area contributed by atoms with Crippen LogP contribution in [0.4, 0.5) is 0 Å². The van der Waals surface area contributed by atoms with Crippen LogP contribution in [0.25, 0.3) is 0 Å². The molecule has 0 saturated heterocycles. The lowest BCUT2D eigenvalue weighted by Gasteiger charge is -2.61. The van der Waals surface area contributed by atoms with E-state index in [-0.39, 0.29) is 0 Å². The third-order valence-corrected chi connectivity index (χ3v) is 9.85. The molecule has 26 heavy (non-hydrogen) atoms. The lowest BCUT2D eigenvalue weighted by atomic mass is 9.44. The van der Waals surface area contributed by atoms with Crippen LogP contribution in [0, 0.1) is 40.4 Å². The highest BCUT2D eigenvalue weighted by Crippen LogP contribution is 2.67. The van der Waals surface area contributed by atoms with Gasteiger partial charge in [0.25, 0.3) is 0 Å². The van der Waals surface area contributed by atoms with Crippen molar-refractivity contribution in [1.29, 1.82) is 0 Å². The lowest BCUT2D eigenvalue weighted by Crippen LogP contribution is -2.54. The maximum absolute atomic E-state index is 10.9. The molecule has 0 aromatic heterocycles. The molecular weight excluding hydrogens is 322 g/mol. The molecule has 0 heterocycles. The van der Waals surface area contributed by atoms with Gasteiger partial charge in [0.05, 0.1) is 0 Å². The summed E-state index contributed by atoms with van der Waals surface area (Å²) in [6.45, 7) is 5.18. The quantitative estimate of drug-likeness (QED) is 0.721. The Bertz CT molecular complexity index is 548. The summed E-state index contributed by atoms with van der Waals surface area (Å²) in [6.07, 6.45) is 14.6. The van der Waals surface area contributed by atoms with Crippen molar-refractivity contribution in [3.8, 4) is 0 Å². The average Bonchev–Trinajstić information content (AvgIpc) is 2.92. The minimum Gasteiger partial charge on any atom is -0.481 e. The Balaban J connectivity index is 1.48. The SMILES string of the molecule is CC12CCC3C(CCC4CC(N)CCC43C)C1CCC2CCCC(=O)O. The van der Waals surface area contributed by atoms with E-state index in [1.807, 2.05) is 0 Å². The van der Waals surface area contributed by atoms with Crippen molar-refractivity contribution in [2.75, 3.05) is 0 Å². The normalized spacial score (nSPS) is 50.6. The molecule has 3 N–H and O–H groups in total. The van der Waals surface area contributed by atoms with E-state index < -0.39 is 5.97 Å². The largest absolute Gasteiger partial charge is 0.481 e. The van der Waals surface area contributed by atoms with Gasteiger partial charge in [0.1, 0.15) is 0 Å². The van der Waals surface area contributed by atoms with Gasteiger partial charge in [-0.25, -0.2) is 0 Å². The van der Waals surface area contributed by atoms with E-state index in [9.17, 15) is 4.79 Å². The molecule has 4 saturated carbocycles. The molecule has 4 rings (SSSR count). The van der Waals surface area contributed by atoms with Crippen LogP contribution in [0.15, 0.2) is 0 Å². The molecule has 4 fully saturated rings. The van der Waals surface area contributed by atoms with Crippen molar-refractivity contribution in [2.45, 2.75) is 96.9 Å². The van der Waals surface area contributed by atoms with E-state index in [2.05, 4.69) is 13.8 Å². The Morgan fingerprint density at radius 1 is 1.00 bits per heavy atom. The van der Waals surface area contributed by atoms with Crippen LogP contribution in [0.2, 0.25) is 0 Å². The van der Waals surface area contributed by atoms with E-state index in [0.29, 0.717) is 23.3 Å². The Morgan fingerprint density at radius 2 is 1.73 bits per heavy atom. The van der Waals surface area contributed by atoms with Gasteiger partial charge in [0, 0.05) is 12.5 Å². The minimum atomic E-state index is -0.629. The molecule has 4 aliphatic carbocycles. The average molecular weight is 362 g/mol. The first-order chi connectivity index (χ1) is 12.3. The first kappa shape index (κ1) is 18.8. The highest BCUT2D eigenvalue weighted by molar-refractivity contribution is 5.66. The molecule has 0 bridgehead atoms. The molecule has 8 atom stereocenters. The second-order valence-electron chi connectivity index (χ2n) is 10.8. The zero-order valence-electron chi connectivity index (χ0n) is 16.9. The number of carbonyl (C=O) groups is 1.